The molecular weight excluding hydrogens is 461 g/mol. The standard InChI is InChI=1S/C22H25F3N2O5S/c1-2-12-33(29,30)18-6-7-20(32-17-8-10-31-11-9-17)19(14-18)27-21(28)26-16-5-3-4-15(13-16)22(23,24)25/h3-7,13-14,17H,2,8-12H2,1H3,(H2,26,27,28). The maximum Gasteiger partial charge on any atom is 0.416 e. The van der Waals surface area contributed by atoms with Crippen LogP contribution in [0.25, 0.3) is 0 Å². The van der Waals surface area contributed by atoms with E-state index in [1.54, 1.807) is 6.92 Å². The van der Waals surface area contributed by atoms with Gasteiger partial charge in [0, 0.05) is 18.5 Å². The van der Waals surface area contributed by atoms with E-state index in [9.17, 15) is 26.4 Å². The summed E-state index contributed by atoms with van der Waals surface area (Å²) in [4.78, 5) is 12.6. The van der Waals surface area contributed by atoms with Crippen LogP contribution in [0.3, 0.4) is 0 Å². The topological polar surface area (TPSA) is 93.7 Å². The molecule has 1 saturated heterocycles. The number of nitrogens with one attached hydrogen (secondary N) is 2. The molecule has 0 radical (unpaired) electrons. The second kappa shape index (κ2) is 10.4. The van der Waals surface area contributed by atoms with E-state index in [-0.39, 0.29) is 33.9 Å². The van der Waals surface area contributed by atoms with Crippen molar-refractivity contribution >= 4 is 27.2 Å². The fourth-order valence-electron chi connectivity index (χ4n) is 3.32. The van der Waals surface area contributed by atoms with Gasteiger partial charge in [-0.3, -0.25) is 0 Å². The van der Waals surface area contributed by atoms with Crippen molar-refractivity contribution in [2.75, 3.05) is 29.6 Å². The Bertz CT molecular complexity index is 1080. The highest BCUT2D eigenvalue weighted by atomic mass is 32.2. The Morgan fingerprint density at radius 1 is 1.12 bits per heavy atom. The van der Waals surface area contributed by atoms with Crippen LogP contribution in [0.15, 0.2) is 47.4 Å². The molecule has 0 spiro atoms. The molecule has 1 aliphatic heterocycles. The number of hydrogen-bond donors (Lipinski definition) is 2. The van der Waals surface area contributed by atoms with Crippen LogP contribution in [0.1, 0.15) is 31.7 Å². The molecule has 1 heterocycles. The molecular formula is C22H25F3N2O5S. The molecule has 2 N–H and O–H groups in total. The lowest BCUT2D eigenvalue weighted by Crippen LogP contribution is -2.27. The monoisotopic (exact) mass is 486 g/mol. The summed E-state index contributed by atoms with van der Waals surface area (Å²) in [7, 11) is -3.57. The van der Waals surface area contributed by atoms with Crippen molar-refractivity contribution in [3.8, 4) is 5.75 Å². The maximum atomic E-state index is 12.9. The molecule has 1 aliphatic rings. The van der Waals surface area contributed by atoms with E-state index in [0.717, 1.165) is 12.1 Å². The zero-order chi connectivity index (χ0) is 24.1. The van der Waals surface area contributed by atoms with Crippen molar-refractivity contribution < 1.29 is 35.9 Å². The van der Waals surface area contributed by atoms with Gasteiger partial charge in [-0.05, 0) is 42.8 Å². The van der Waals surface area contributed by atoms with Crippen LogP contribution in [0.5, 0.6) is 5.75 Å². The molecule has 2 amide bonds. The van der Waals surface area contributed by atoms with Crippen molar-refractivity contribution in [1.82, 2.24) is 0 Å². The van der Waals surface area contributed by atoms with Gasteiger partial charge in [-0.2, -0.15) is 13.2 Å². The Labute approximate surface area is 190 Å². The van der Waals surface area contributed by atoms with Gasteiger partial charge in [0.15, 0.2) is 9.84 Å². The van der Waals surface area contributed by atoms with Crippen molar-refractivity contribution in [2.24, 2.45) is 0 Å². The number of amides is 2. The Morgan fingerprint density at radius 2 is 1.85 bits per heavy atom. The summed E-state index contributed by atoms with van der Waals surface area (Å²) >= 11 is 0. The van der Waals surface area contributed by atoms with Gasteiger partial charge in [-0.25, -0.2) is 13.2 Å². The third kappa shape index (κ3) is 6.84. The number of benzene rings is 2. The number of anilines is 2. The van der Waals surface area contributed by atoms with E-state index >= 15 is 0 Å². The minimum atomic E-state index is -4.55. The van der Waals surface area contributed by atoms with Crippen LogP contribution in [0, 0.1) is 0 Å². The summed E-state index contributed by atoms with van der Waals surface area (Å²) in [5, 5.41) is 4.85. The molecule has 33 heavy (non-hydrogen) atoms. The molecule has 0 aromatic heterocycles. The zero-order valence-electron chi connectivity index (χ0n) is 17.9. The van der Waals surface area contributed by atoms with Crippen LogP contribution < -0.4 is 15.4 Å². The summed E-state index contributed by atoms with van der Waals surface area (Å²) in [6, 6.07) is 7.54. The van der Waals surface area contributed by atoms with Crippen molar-refractivity contribution in [3.63, 3.8) is 0 Å². The number of ether oxygens (including phenoxy) is 2. The van der Waals surface area contributed by atoms with E-state index in [0.29, 0.717) is 32.5 Å². The average molecular weight is 487 g/mol. The second-order valence-electron chi connectivity index (χ2n) is 7.56. The maximum absolute atomic E-state index is 12.9. The highest BCUT2D eigenvalue weighted by molar-refractivity contribution is 7.91. The van der Waals surface area contributed by atoms with Crippen molar-refractivity contribution in [2.45, 2.75) is 43.4 Å². The largest absolute Gasteiger partial charge is 0.488 e. The molecule has 2 aromatic carbocycles. The number of hydrogen-bond acceptors (Lipinski definition) is 5. The van der Waals surface area contributed by atoms with Gasteiger partial charge >= 0.3 is 12.2 Å². The predicted octanol–water partition coefficient (Wildman–Crippen LogP) is 5.09. The first kappa shape index (κ1) is 24.8. The Kier molecular flexibility index (Phi) is 7.85. The van der Waals surface area contributed by atoms with E-state index in [1.165, 1.54) is 30.3 Å². The first-order chi connectivity index (χ1) is 15.6. The molecule has 0 saturated carbocycles. The van der Waals surface area contributed by atoms with Gasteiger partial charge in [0.05, 0.1) is 35.1 Å². The van der Waals surface area contributed by atoms with Gasteiger partial charge in [-0.1, -0.05) is 13.0 Å². The molecule has 7 nitrogen and oxygen atoms in total. The van der Waals surface area contributed by atoms with Crippen molar-refractivity contribution in [3.05, 3.63) is 48.0 Å². The van der Waals surface area contributed by atoms with Gasteiger partial charge in [0.1, 0.15) is 11.9 Å². The summed E-state index contributed by atoms with van der Waals surface area (Å²) in [5.41, 5.74) is -0.872. The number of sulfone groups is 1. The molecule has 0 unspecified atom stereocenters. The summed E-state index contributed by atoms with van der Waals surface area (Å²) < 4.78 is 75.1. The first-order valence-corrected chi connectivity index (χ1v) is 12.1. The van der Waals surface area contributed by atoms with Gasteiger partial charge in [0.2, 0.25) is 0 Å². The smallest absolute Gasteiger partial charge is 0.416 e. The number of carbonyl (C=O) groups excluding carboxylic acids is 1. The quantitative estimate of drug-likeness (QED) is 0.569. The van der Waals surface area contributed by atoms with Crippen molar-refractivity contribution in [1.29, 1.82) is 0 Å². The van der Waals surface area contributed by atoms with E-state index in [1.807, 2.05) is 0 Å². The molecule has 11 heteroatoms. The third-order valence-electron chi connectivity index (χ3n) is 4.94. The van der Waals surface area contributed by atoms with E-state index in [4.69, 9.17) is 9.47 Å². The summed E-state index contributed by atoms with van der Waals surface area (Å²) in [5.74, 6) is 0.194. The van der Waals surface area contributed by atoms with E-state index in [2.05, 4.69) is 10.6 Å². The molecule has 0 atom stereocenters. The lowest BCUT2D eigenvalue weighted by Gasteiger charge is -2.25. The minimum Gasteiger partial charge on any atom is -0.488 e. The van der Waals surface area contributed by atoms with E-state index < -0.39 is 27.6 Å². The second-order valence-corrected chi connectivity index (χ2v) is 9.67. The molecule has 3 rings (SSSR count). The number of halogens is 3. The Morgan fingerprint density at radius 3 is 2.52 bits per heavy atom. The zero-order valence-corrected chi connectivity index (χ0v) is 18.8. The minimum absolute atomic E-state index is 0.0121. The lowest BCUT2D eigenvalue weighted by atomic mass is 10.1. The predicted molar refractivity (Wildman–Crippen MR) is 117 cm³/mol. The highest BCUT2D eigenvalue weighted by Crippen LogP contribution is 2.32. The van der Waals surface area contributed by atoms with Crippen LogP contribution >= 0.6 is 0 Å². The van der Waals surface area contributed by atoms with Crippen LogP contribution in [-0.2, 0) is 20.8 Å². The third-order valence-corrected chi connectivity index (χ3v) is 6.86. The molecule has 0 bridgehead atoms. The van der Waals surface area contributed by atoms with Gasteiger partial charge in [0.25, 0.3) is 0 Å². The highest BCUT2D eigenvalue weighted by Gasteiger charge is 2.30. The molecule has 2 aromatic rings. The first-order valence-electron chi connectivity index (χ1n) is 10.4. The number of alkyl halides is 3. The van der Waals surface area contributed by atoms with Crippen LogP contribution in [0.4, 0.5) is 29.3 Å². The number of carbonyl (C=O) groups is 1. The summed E-state index contributed by atoms with van der Waals surface area (Å²) in [6.45, 7) is 2.78. The average Bonchev–Trinajstić information content (AvgIpc) is 2.75. The lowest BCUT2D eigenvalue weighted by molar-refractivity contribution is -0.137. The molecule has 1 fully saturated rings. The van der Waals surface area contributed by atoms with Crippen LogP contribution in [0.2, 0.25) is 0 Å². The fraction of sp³-hybridized carbons (Fsp3) is 0.409. The van der Waals surface area contributed by atoms with Gasteiger partial charge in [-0.15, -0.1) is 0 Å². The number of urea groups is 1. The normalized spacial score (nSPS) is 15.2. The SMILES string of the molecule is CCCS(=O)(=O)c1ccc(OC2CCOCC2)c(NC(=O)Nc2cccc(C(F)(F)F)c2)c1. The molecule has 180 valence electrons. The Hall–Kier alpha value is -2.79. The molecule has 0 aliphatic carbocycles. The fourth-order valence-corrected chi connectivity index (χ4v) is 4.67. The summed E-state index contributed by atoms with van der Waals surface area (Å²) in [6.07, 6.45) is -3.05. The number of rotatable bonds is 7. The van der Waals surface area contributed by atoms with Crippen LogP contribution in [-0.4, -0.2) is 39.5 Å². The Balaban J connectivity index is 1.84. The van der Waals surface area contributed by atoms with Gasteiger partial charge < -0.3 is 20.1 Å².